The molecule has 2 aromatic heterocycles. The van der Waals surface area contributed by atoms with Crippen molar-refractivity contribution in [1.29, 1.82) is 0 Å². The molecule has 1 aliphatic carbocycles. The number of hydrogen-bond acceptors (Lipinski definition) is 4. The molecule has 1 fully saturated rings. The summed E-state index contributed by atoms with van der Waals surface area (Å²) in [6, 6.07) is 5.72. The van der Waals surface area contributed by atoms with Gasteiger partial charge >= 0.3 is 0 Å². The number of imidazole rings is 1. The highest BCUT2D eigenvalue weighted by Gasteiger charge is 2.31. The van der Waals surface area contributed by atoms with E-state index in [-0.39, 0.29) is 11.9 Å². The molecule has 5 rings (SSSR count). The van der Waals surface area contributed by atoms with Crippen LogP contribution in [0.2, 0.25) is 0 Å². The van der Waals surface area contributed by atoms with Crippen LogP contribution in [0.5, 0.6) is 0 Å². The number of benzene rings is 1. The molecule has 1 atom stereocenters. The molecule has 128 valence electrons. The van der Waals surface area contributed by atoms with Gasteiger partial charge < -0.3 is 14.9 Å². The number of rotatable bonds is 3. The van der Waals surface area contributed by atoms with Crippen molar-refractivity contribution in [2.75, 3.05) is 0 Å². The minimum absolute atomic E-state index is 0.0263. The summed E-state index contributed by atoms with van der Waals surface area (Å²) >= 11 is 0. The van der Waals surface area contributed by atoms with Gasteiger partial charge in [0.1, 0.15) is 11.6 Å². The van der Waals surface area contributed by atoms with Gasteiger partial charge in [-0.3, -0.25) is 4.79 Å². The van der Waals surface area contributed by atoms with Crippen molar-refractivity contribution in [3.63, 3.8) is 0 Å². The number of nitrogens with zero attached hydrogens (tertiary/aromatic N) is 4. The van der Waals surface area contributed by atoms with Gasteiger partial charge in [-0.15, -0.1) is 10.2 Å². The standard InChI is InChI=1S/C18H20N6O/c25-18(12-3-5-14-15(9-12)20-10-19-14)21-13-4-6-16-22-23-17(11-1-2-11)24(16)8-7-13/h3,5,9-11,13H,1-2,4,6-8H2,(H,19,20)(H,21,25). The molecule has 0 spiro atoms. The summed E-state index contributed by atoms with van der Waals surface area (Å²) in [7, 11) is 0. The molecule has 3 heterocycles. The summed E-state index contributed by atoms with van der Waals surface area (Å²) in [5, 5.41) is 11.9. The quantitative estimate of drug-likeness (QED) is 0.767. The summed E-state index contributed by atoms with van der Waals surface area (Å²) in [5.41, 5.74) is 2.42. The number of nitrogens with one attached hydrogen (secondary N) is 2. The molecule has 2 N–H and O–H groups in total. The van der Waals surface area contributed by atoms with Gasteiger partial charge in [0.05, 0.1) is 17.4 Å². The highest BCUT2D eigenvalue weighted by Crippen LogP contribution is 2.39. The van der Waals surface area contributed by atoms with Crippen molar-refractivity contribution >= 4 is 16.9 Å². The van der Waals surface area contributed by atoms with Crippen LogP contribution in [0, 0.1) is 0 Å². The maximum Gasteiger partial charge on any atom is 0.251 e. The predicted octanol–water partition coefficient (Wildman–Crippen LogP) is 2.17. The Kier molecular flexibility index (Phi) is 3.33. The highest BCUT2D eigenvalue weighted by atomic mass is 16.1. The van der Waals surface area contributed by atoms with Crippen molar-refractivity contribution in [2.24, 2.45) is 0 Å². The minimum atomic E-state index is -0.0263. The molecule has 1 saturated carbocycles. The molecule has 1 aliphatic heterocycles. The van der Waals surface area contributed by atoms with Crippen molar-refractivity contribution in [3.05, 3.63) is 41.7 Å². The Hall–Kier alpha value is -2.70. The minimum Gasteiger partial charge on any atom is -0.349 e. The second-order valence-electron chi connectivity index (χ2n) is 7.03. The van der Waals surface area contributed by atoms with E-state index in [1.54, 1.807) is 6.33 Å². The van der Waals surface area contributed by atoms with Crippen LogP contribution >= 0.6 is 0 Å². The number of aromatic nitrogens is 5. The molecule has 3 aromatic rings. The third kappa shape index (κ3) is 2.69. The summed E-state index contributed by atoms with van der Waals surface area (Å²) in [6.45, 7) is 0.888. The van der Waals surface area contributed by atoms with E-state index in [9.17, 15) is 4.79 Å². The number of carbonyl (C=O) groups excluding carboxylic acids is 1. The first-order chi connectivity index (χ1) is 12.3. The van der Waals surface area contributed by atoms with Crippen molar-refractivity contribution in [2.45, 2.75) is 50.6 Å². The van der Waals surface area contributed by atoms with Crippen LogP contribution in [0.15, 0.2) is 24.5 Å². The fourth-order valence-corrected chi connectivity index (χ4v) is 3.64. The lowest BCUT2D eigenvalue weighted by molar-refractivity contribution is 0.0933. The molecule has 1 amide bonds. The van der Waals surface area contributed by atoms with Crippen LogP contribution in [-0.2, 0) is 13.0 Å². The van der Waals surface area contributed by atoms with Crippen LogP contribution < -0.4 is 5.32 Å². The van der Waals surface area contributed by atoms with Gasteiger partial charge in [-0.2, -0.15) is 0 Å². The van der Waals surface area contributed by atoms with Gasteiger partial charge in [0.2, 0.25) is 0 Å². The van der Waals surface area contributed by atoms with E-state index in [1.165, 1.54) is 12.8 Å². The van der Waals surface area contributed by atoms with E-state index in [0.717, 1.165) is 48.5 Å². The van der Waals surface area contributed by atoms with Gasteiger partial charge in [-0.25, -0.2) is 4.98 Å². The molecule has 0 radical (unpaired) electrons. The average molecular weight is 336 g/mol. The SMILES string of the molecule is O=C(NC1CCc2nnc(C3CC3)n2CC1)c1ccc2nc[nH]c2c1. The first-order valence-corrected chi connectivity index (χ1v) is 8.94. The van der Waals surface area contributed by atoms with Gasteiger partial charge in [0.15, 0.2) is 0 Å². The molecule has 25 heavy (non-hydrogen) atoms. The normalized spacial score (nSPS) is 20.2. The van der Waals surface area contributed by atoms with Crippen molar-refractivity contribution < 1.29 is 4.79 Å². The average Bonchev–Trinajstić information content (AvgIpc) is 3.28. The Morgan fingerprint density at radius 1 is 1.20 bits per heavy atom. The monoisotopic (exact) mass is 336 g/mol. The lowest BCUT2D eigenvalue weighted by Crippen LogP contribution is -2.35. The zero-order valence-electron chi connectivity index (χ0n) is 13.9. The summed E-state index contributed by atoms with van der Waals surface area (Å²) in [6.07, 6.45) is 6.79. The first-order valence-electron chi connectivity index (χ1n) is 8.94. The van der Waals surface area contributed by atoms with E-state index >= 15 is 0 Å². The van der Waals surface area contributed by atoms with Crippen LogP contribution in [0.4, 0.5) is 0 Å². The fraction of sp³-hybridized carbons (Fsp3) is 0.444. The molecule has 0 saturated heterocycles. The summed E-state index contributed by atoms with van der Waals surface area (Å²) in [5.74, 6) is 2.79. The van der Waals surface area contributed by atoms with E-state index < -0.39 is 0 Å². The first kappa shape index (κ1) is 14.6. The molecule has 7 nitrogen and oxygen atoms in total. The van der Waals surface area contributed by atoms with Gasteiger partial charge in [-0.05, 0) is 43.9 Å². The number of amides is 1. The Morgan fingerprint density at radius 2 is 2.12 bits per heavy atom. The molecule has 7 heteroatoms. The third-order valence-electron chi connectivity index (χ3n) is 5.23. The van der Waals surface area contributed by atoms with Crippen LogP contribution in [-0.4, -0.2) is 36.7 Å². The predicted molar refractivity (Wildman–Crippen MR) is 92.3 cm³/mol. The van der Waals surface area contributed by atoms with Crippen molar-refractivity contribution in [3.8, 4) is 0 Å². The van der Waals surface area contributed by atoms with Gasteiger partial charge in [0.25, 0.3) is 5.91 Å². The van der Waals surface area contributed by atoms with E-state index in [2.05, 4.69) is 30.0 Å². The molecule has 1 unspecified atom stereocenters. The molecular weight excluding hydrogens is 316 g/mol. The zero-order chi connectivity index (χ0) is 16.8. The number of hydrogen-bond donors (Lipinski definition) is 2. The lowest BCUT2D eigenvalue weighted by Gasteiger charge is -2.16. The van der Waals surface area contributed by atoms with Crippen molar-refractivity contribution in [1.82, 2.24) is 30.0 Å². The molecule has 2 aliphatic rings. The Balaban J connectivity index is 1.29. The second-order valence-corrected chi connectivity index (χ2v) is 7.03. The van der Waals surface area contributed by atoms with Crippen LogP contribution in [0.25, 0.3) is 11.0 Å². The topological polar surface area (TPSA) is 88.5 Å². The number of aryl methyl sites for hydroxylation is 1. The summed E-state index contributed by atoms with van der Waals surface area (Å²) < 4.78 is 2.28. The Labute approximate surface area is 144 Å². The van der Waals surface area contributed by atoms with E-state index in [0.29, 0.717) is 11.5 Å². The number of H-pyrrole nitrogens is 1. The number of carbonyl (C=O) groups is 1. The smallest absolute Gasteiger partial charge is 0.251 e. The Morgan fingerprint density at radius 3 is 3.00 bits per heavy atom. The number of fused-ring (bicyclic) bond motifs is 2. The van der Waals surface area contributed by atoms with E-state index in [1.807, 2.05) is 18.2 Å². The maximum absolute atomic E-state index is 12.6. The van der Waals surface area contributed by atoms with Gasteiger partial charge in [-0.1, -0.05) is 0 Å². The highest BCUT2D eigenvalue weighted by molar-refractivity contribution is 5.97. The maximum atomic E-state index is 12.6. The number of aromatic amines is 1. The lowest BCUT2D eigenvalue weighted by atomic mass is 10.1. The van der Waals surface area contributed by atoms with E-state index in [4.69, 9.17) is 0 Å². The third-order valence-corrected chi connectivity index (χ3v) is 5.23. The molecular formula is C18H20N6O. The zero-order valence-corrected chi connectivity index (χ0v) is 13.9. The molecule has 0 bridgehead atoms. The molecule has 1 aromatic carbocycles. The summed E-state index contributed by atoms with van der Waals surface area (Å²) in [4.78, 5) is 19.8. The van der Waals surface area contributed by atoms with Gasteiger partial charge in [0, 0.05) is 30.5 Å². The fourth-order valence-electron chi connectivity index (χ4n) is 3.64. The second kappa shape index (κ2) is 5.68. The van der Waals surface area contributed by atoms with Crippen LogP contribution in [0.3, 0.4) is 0 Å². The van der Waals surface area contributed by atoms with Crippen LogP contribution in [0.1, 0.15) is 53.6 Å². The Bertz CT molecular complexity index is 938. The largest absolute Gasteiger partial charge is 0.349 e.